The number of ether oxygens (including phenoxy) is 1. The van der Waals surface area contributed by atoms with E-state index in [9.17, 15) is 5.11 Å². The van der Waals surface area contributed by atoms with Gasteiger partial charge in [-0.1, -0.05) is 0 Å². The van der Waals surface area contributed by atoms with Crippen molar-refractivity contribution in [3.8, 4) is 0 Å². The Kier molecular flexibility index (Phi) is 2.95. The molecule has 3 N–H and O–H groups in total. The summed E-state index contributed by atoms with van der Waals surface area (Å²) in [6, 6.07) is 0. The highest BCUT2D eigenvalue weighted by atomic mass is 16.5. The van der Waals surface area contributed by atoms with Crippen molar-refractivity contribution in [2.75, 3.05) is 12.8 Å². The van der Waals surface area contributed by atoms with Gasteiger partial charge in [0.1, 0.15) is 12.2 Å². The maximum Gasteiger partial charge on any atom is 0.167 e. The van der Waals surface area contributed by atoms with Crippen LogP contribution < -0.4 is 5.73 Å². The van der Waals surface area contributed by atoms with Crippen LogP contribution in [0.2, 0.25) is 0 Å². The van der Waals surface area contributed by atoms with Crippen LogP contribution in [0.15, 0.2) is 6.33 Å². The van der Waals surface area contributed by atoms with Crippen molar-refractivity contribution in [1.29, 1.82) is 0 Å². The van der Waals surface area contributed by atoms with E-state index in [1.54, 1.807) is 18.4 Å². The molecule has 17 heavy (non-hydrogen) atoms. The molecule has 0 amide bonds. The molecule has 92 valence electrons. The van der Waals surface area contributed by atoms with Crippen LogP contribution in [0.5, 0.6) is 0 Å². The van der Waals surface area contributed by atoms with E-state index in [-0.39, 0.29) is 0 Å². The van der Waals surface area contributed by atoms with Crippen LogP contribution in [0.25, 0.3) is 11.2 Å². The number of rotatable bonds is 3. The number of fused-ring (bicyclic) bond motifs is 1. The molecule has 0 aliphatic carbocycles. The number of nitrogens with zero attached hydrogens (tertiary/aromatic N) is 4. The molecule has 2 heterocycles. The summed E-state index contributed by atoms with van der Waals surface area (Å²) in [5.74, 6) is 0.984. The van der Waals surface area contributed by atoms with E-state index in [4.69, 9.17) is 10.5 Å². The number of imidazole rings is 1. The first kappa shape index (κ1) is 11.7. The zero-order chi connectivity index (χ0) is 12.6. The highest BCUT2D eigenvalue weighted by Gasteiger charge is 2.22. The molecule has 2 atom stereocenters. The van der Waals surface area contributed by atoms with E-state index in [0.29, 0.717) is 22.8 Å². The Morgan fingerprint density at radius 2 is 2.18 bits per heavy atom. The number of hydrogen-bond donors (Lipinski definition) is 2. The first-order valence-corrected chi connectivity index (χ1v) is 5.22. The van der Waals surface area contributed by atoms with Gasteiger partial charge in [0.15, 0.2) is 23.2 Å². The van der Waals surface area contributed by atoms with Crippen LogP contribution in [0, 0.1) is 6.92 Å². The van der Waals surface area contributed by atoms with E-state index in [1.165, 1.54) is 13.4 Å². The third kappa shape index (κ3) is 1.83. The van der Waals surface area contributed by atoms with Crippen molar-refractivity contribution in [2.45, 2.75) is 26.2 Å². The number of nitrogen functional groups attached to an aromatic ring is 1. The van der Waals surface area contributed by atoms with E-state index < -0.39 is 12.3 Å². The normalized spacial score (nSPS) is 15.1. The van der Waals surface area contributed by atoms with Crippen molar-refractivity contribution in [3.05, 3.63) is 12.2 Å². The third-order valence-corrected chi connectivity index (χ3v) is 2.59. The number of nitrogens with two attached hydrogens (primary N) is 1. The van der Waals surface area contributed by atoms with Crippen LogP contribution in [-0.4, -0.2) is 37.8 Å². The second-order valence-corrected chi connectivity index (χ2v) is 3.83. The van der Waals surface area contributed by atoms with Crippen LogP contribution in [0.3, 0.4) is 0 Å². The number of aliphatic hydroxyl groups excluding tert-OH is 1. The van der Waals surface area contributed by atoms with Crippen LogP contribution >= 0.6 is 0 Å². The van der Waals surface area contributed by atoms with E-state index in [2.05, 4.69) is 15.0 Å². The summed E-state index contributed by atoms with van der Waals surface area (Å²) in [7, 11) is 1.52. The van der Waals surface area contributed by atoms with Crippen LogP contribution in [0.1, 0.15) is 19.0 Å². The molecule has 2 unspecified atom stereocenters. The lowest BCUT2D eigenvalue weighted by Crippen LogP contribution is -2.24. The average molecular weight is 237 g/mol. The minimum absolute atomic E-state index is 0.317. The first-order chi connectivity index (χ1) is 8.06. The molecule has 7 nitrogen and oxygen atoms in total. The molecule has 0 fully saturated rings. The first-order valence-electron chi connectivity index (χ1n) is 5.22. The van der Waals surface area contributed by atoms with Gasteiger partial charge in [-0.25, -0.2) is 15.0 Å². The van der Waals surface area contributed by atoms with Gasteiger partial charge in [0.25, 0.3) is 0 Å². The second-order valence-electron chi connectivity index (χ2n) is 3.83. The topological polar surface area (TPSA) is 99.1 Å². The van der Waals surface area contributed by atoms with Gasteiger partial charge in [-0.05, 0) is 13.8 Å². The van der Waals surface area contributed by atoms with Gasteiger partial charge in [-0.15, -0.1) is 0 Å². The predicted octanol–water partition coefficient (Wildman–Crippen LogP) is 0.243. The minimum Gasteiger partial charge on any atom is -0.389 e. The maximum absolute atomic E-state index is 9.69. The molecule has 0 aliphatic rings. The summed E-state index contributed by atoms with van der Waals surface area (Å²) < 4.78 is 6.96. The quantitative estimate of drug-likeness (QED) is 0.793. The molecule has 0 radical (unpaired) electrons. The van der Waals surface area contributed by atoms with E-state index in [0.717, 1.165) is 0 Å². The lowest BCUT2D eigenvalue weighted by Gasteiger charge is -2.21. The summed E-state index contributed by atoms with van der Waals surface area (Å²) in [6.07, 6.45) is 0.130. The molecular weight excluding hydrogens is 222 g/mol. The van der Waals surface area contributed by atoms with Gasteiger partial charge < -0.3 is 15.6 Å². The standard InChI is InChI=1S/C10H15N5O2/c1-5(16)10(17-3)15-6(2)14-7-8(11)12-4-13-9(7)15/h4-5,10,16H,1-3H3,(H2,11,12,13). The summed E-state index contributed by atoms with van der Waals surface area (Å²) in [5.41, 5.74) is 6.80. The number of aromatic nitrogens is 4. The van der Waals surface area contributed by atoms with Gasteiger partial charge in [0, 0.05) is 7.11 Å². The second kappa shape index (κ2) is 4.27. The lowest BCUT2D eigenvalue weighted by molar-refractivity contribution is -0.0483. The smallest absolute Gasteiger partial charge is 0.167 e. The van der Waals surface area contributed by atoms with Gasteiger partial charge in [0.05, 0.1) is 6.10 Å². The number of aliphatic hydroxyl groups is 1. The summed E-state index contributed by atoms with van der Waals surface area (Å²) in [5, 5.41) is 9.69. The molecule has 0 bridgehead atoms. The zero-order valence-corrected chi connectivity index (χ0v) is 9.95. The highest BCUT2D eigenvalue weighted by Crippen LogP contribution is 2.24. The Morgan fingerprint density at radius 3 is 2.76 bits per heavy atom. The Labute approximate surface area is 98.3 Å². The van der Waals surface area contributed by atoms with Crippen molar-refractivity contribution >= 4 is 17.0 Å². The van der Waals surface area contributed by atoms with Gasteiger partial charge in [0.2, 0.25) is 0 Å². The van der Waals surface area contributed by atoms with Crippen molar-refractivity contribution in [2.24, 2.45) is 0 Å². The third-order valence-electron chi connectivity index (χ3n) is 2.59. The maximum atomic E-state index is 9.69. The van der Waals surface area contributed by atoms with Crippen molar-refractivity contribution in [1.82, 2.24) is 19.5 Å². The monoisotopic (exact) mass is 237 g/mol. The van der Waals surface area contributed by atoms with Gasteiger partial charge in [-0.2, -0.15) is 0 Å². The molecule has 0 spiro atoms. The number of hydrogen-bond acceptors (Lipinski definition) is 6. The molecule has 2 rings (SSSR count). The zero-order valence-electron chi connectivity index (χ0n) is 9.95. The summed E-state index contributed by atoms with van der Waals surface area (Å²) in [4.78, 5) is 12.3. The SMILES string of the molecule is COC(C(C)O)n1c(C)nc2c(N)ncnc21. The molecule has 0 aliphatic heterocycles. The lowest BCUT2D eigenvalue weighted by atomic mass is 10.3. The predicted molar refractivity (Wildman–Crippen MR) is 62.2 cm³/mol. The number of methoxy groups -OCH3 is 1. The Bertz CT molecular complexity index is 537. The molecule has 2 aromatic rings. The summed E-state index contributed by atoms with van der Waals surface area (Å²) >= 11 is 0. The largest absolute Gasteiger partial charge is 0.389 e. The molecular formula is C10H15N5O2. The van der Waals surface area contributed by atoms with E-state index >= 15 is 0 Å². The number of aryl methyl sites for hydroxylation is 1. The summed E-state index contributed by atoms with van der Waals surface area (Å²) in [6.45, 7) is 3.44. The molecule has 2 aromatic heterocycles. The molecule has 0 saturated carbocycles. The van der Waals surface area contributed by atoms with Crippen LogP contribution in [0.4, 0.5) is 5.82 Å². The molecule has 0 saturated heterocycles. The highest BCUT2D eigenvalue weighted by molar-refractivity contribution is 5.81. The average Bonchev–Trinajstić information content (AvgIpc) is 2.59. The van der Waals surface area contributed by atoms with Crippen molar-refractivity contribution in [3.63, 3.8) is 0 Å². The molecule has 7 heteroatoms. The molecule has 0 aromatic carbocycles. The fourth-order valence-electron chi connectivity index (χ4n) is 1.86. The Balaban J connectivity index is 2.68. The number of anilines is 1. The van der Waals surface area contributed by atoms with Crippen LogP contribution in [-0.2, 0) is 4.74 Å². The van der Waals surface area contributed by atoms with Crippen molar-refractivity contribution < 1.29 is 9.84 Å². The Hall–Kier alpha value is -1.73. The fraction of sp³-hybridized carbons (Fsp3) is 0.500. The minimum atomic E-state index is -0.688. The Morgan fingerprint density at radius 1 is 1.47 bits per heavy atom. The van der Waals surface area contributed by atoms with Gasteiger partial charge in [-0.3, -0.25) is 4.57 Å². The fourth-order valence-corrected chi connectivity index (χ4v) is 1.86. The van der Waals surface area contributed by atoms with Gasteiger partial charge >= 0.3 is 0 Å². The van der Waals surface area contributed by atoms with E-state index in [1.807, 2.05) is 0 Å².